The van der Waals surface area contributed by atoms with E-state index in [0.29, 0.717) is 0 Å². The quantitative estimate of drug-likeness (QED) is 0.439. The van der Waals surface area contributed by atoms with E-state index in [4.69, 9.17) is 0 Å². The summed E-state index contributed by atoms with van der Waals surface area (Å²) in [6.07, 6.45) is 0. The third kappa shape index (κ3) is 34.3. The Morgan fingerprint density at radius 1 is 0.600 bits per heavy atom. The second kappa shape index (κ2) is 58.2. The van der Waals surface area contributed by atoms with Gasteiger partial charge in [-0.25, -0.2) is 0 Å². The minimum Gasteiger partial charge on any atom is -0.870 e. The molecule has 3 N–H and O–H groups in total. The Labute approximate surface area is 59.9 Å². The SMILES string of the molecule is [Al+3].[OH-].[OH-].[OH-].[Zr]. The summed E-state index contributed by atoms with van der Waals surface area (Å²) in [6.45, 7) is 0. The van der Waals surface area contributed by atoms with E-state index in [-0.39, 0.29) is 60.0 Å². The van der Waals surface area contributed by atoms with Crippen molar-refractivity contribution in [2.75, 3.05) is 0 Å². The summed E-state index contributed by atoms with van der Waals surface area (Å²) in [4.78, 5) is 0. The molecule has 0 saturated carbocycles. The fourth-order valence-electron chi connectivity index (χ4n) is 0. The molecule has 5 heavy (non-hydrogen) atoms. The molecule has 0 aromatic carbocycles. The van der Waals surface area contributed by atoms with Crippen LogP contribution in [-0.4, -0.2) is 33.8 Å². The summed E-state index contributed by atoms with van der Waals surface area (Å²) >= 11 is 0. The number of rotatable bonds is 0. The first-order chi connectivity index (χ1) is 0. The number of hydrogen-bond acceptors (Lipinski definition) is 3. The van der Waals surface area contributed by atoms with Gasteiger partial charge in [-0.2, -0.15) is 0 Å². The molecule has 0 spiro atoms. The van der Waals surface area contributed by atoms with E-state index in [1.165, 1.54) is 0 Å². The molecule has 28 valence electrons. The maximum absolute atomic E-state index is 0. The van der Waals surface area contributed by atoms with Crippen LogP contribution in [0.2, 0.25) is 0 Å². The van der Waals surface area contributed by atoms with Crippen molar-refractivity contribution in [2.45, 2.75) is 0 Å². The van der Waals surface area contributed by atoms with E-state index in [1.807, 2.05) is 0 Å². The molecule has 0 aromatic rings. The predicted molar refractivity (Wildman–Crippen MR) is 11.6 cm³/mol. The summed E-state index contributed by atoms with van der Waals surface area (Å²) < 4.78 is 0. The van der Waals surface area contributed by atoms with Crippen molar-refractivity contribution in [3.05, 3.63) is 0 Å². The first kappa shape index (κ1) is 105. The van der Waals surface area contributed by atoms with Crippen molar-refractivity contribution in [1.82, 2.24) is 0 Å². The second-order valence-corrected chi connectivity index (χ2v) is 0. The maximum atomic E-state index is 0. The van der Waals surface area contributed by atoms with Crippen LogP contribution in [0.15, 0.2) is 0 Å². The Morgan fingerprint density at radius 3 is 0.600 bits per heavy atom. The van der Waals surface area contributed by atoms with Crippen molar-refractivity contribution in [3.8, 4) is 0 Å². The second-order valence-electron chi connectivity index (χ2n) is 0. The average Bonchev–Trinajstić information content (AvgIpc) is 0. The normalized spacial score (nSPS) is 0. The van der Waals surface area contributed by atoms with Crippen LogP contribution in [0.3, 0.4) is 0 Å². The Bertz CT molecular complexity index is 6.85. The molecule has 0 aliphatic heterocycles. The standard InChI is InChI=1S/Al.3H2O.Zr/h;3*1H2;/q+3;;;;/p-3. The molecule has 5 heteroatoms. The van der Waals surface area contributed by atoms with Crippen molar-refractivity contribution < 1.29 is 42.6 Å². The summed E-state index contributed by atoms with van der Waals surface area (Å²) in [5.74, 6) is 0. The van der Waals surface area contributed by atoms with E-state index in [1.54, 1.807) is 0 Å². The monoisotopic (exact) mass is 168 g/mol. The van der Waals surface area contributed by atoms with Crippen LogP contribution in [0.25, 0.3) is 0 Å². The fourth-order valence-corrected chi connectivity index (χ4v) is 0. The van der Waals surface area contributed by atoms with Crippen LogP contribution in [0.5, 0.6) is 0 Å². The minimum absolute atomic E-state index is 0. The van der Waals surface area contributed by atoms with Gasteiger partial charge >= 0.3 is 17.4 Å². The summed E-state index contributed by atoms with van der Waals surface area (Å²) in [6, 6.07) is 0. The molecule has 0 amide bonds. The molecule has 0 aliphatic rings. The topological polar surface area (TPSA) is 90.0 Å². The Balaban J connectivity index is 0. The summed E-state index contributed by atoms with van der Waals surface area (Å²) in [5.41, 5.74) is 0. The molecule has 0 atom stereocenters. The van der Waals surface area contributed by atoms with Crippen LogP contribution < -0.4 is 0 Å². The zero-order valence-corrected chi connectivity index (χ0v) is 6.03. The van der Waals surface area contributed by atoms with Gasteiger partial charge in [0.25, 0.3) is 0 Å². The third-order valence-corrected chi connectivity index (χ3v) is 0. The van der Waals surface area contributed by atoms with Crippen molar-refractivity contribution >= 4 is 17.4 Å². The van der Waals surface area contributed by atoms with E-state index in [0.717, 1.165) is 0 Å². The van der Waals surface area contributed by atoms with Crippen LogP contribution in [-0.2, 0) is 26.2 Å². The molecule has 0 aromatic heterocycles. The van der Waals surface area contributed by atoms with Gasteiger partial charge in [0.15, 0.2) is 0 Å². The van der Waals surface area contributed by atoms with Gasteiger partial charge < -0.3 is 16.4 Å². The van der Waals surface area contributed by atoms with Gasteiger partial charge in [-0.1, -0.05) is 0 Å². The summed E-state index contributed by atoms with van der Waals surface area (Å²) in [7, 11) is 0. The first-order valence-electron chi connectivity index (χ1n) is 0. The van der Waals surface area contributed by atoms with Crippen molar-refractivity contribution in [2.24, 2.45) is 0 Å². The van der Waals surface area contributed by atoms with Crippen LogP contribution >= 0.6 is 0 Å². The summed E-state index contributed by atoms with van der Waals surface area (Å²) in [5, 5.41) is 0. The van der Waals surface area contributed by atoms with Gasteiger partial charge in [0.2, 0.25) is 0 Å². The van der Waals surface area contributed by atoms with Gasteiger partial charge in [-0.3, -0.25) is 0 Å². The Morgan fingerprint density at radius 2 is 0.600 bits per heavy atom. The van der Waals surface area contributed by atoms with E-state index >= 15 is 0 Å². The predicted octanol–water partition coefficient (Wildman–Crippen LogP) is -0.914. The van der Waals surface area contributed by atoms with E-state index < -0.39 is 0 Å². The number of hydrogen-bond donors (Lipinski definition) is 0. The smallest absolute Gasteiger partial charge is 0.870 e. The molecule has 0 heterocycles. The molecule has 0 radical (unpaired) electrons. The Kier molecular flexibility index (Phi) is 1220. The van der Waals surface area contributed by atoms with Crippen LogP contribution in [0.4, 0.5) is 0 Å². The third-order valence-electron chi connectivity index (χ3n) is 0. The van der Waals surface area contributed by atoms with Crippen LogP contribution in [0.1, 0.15) is 0 Å². The van der Waals surface area contributed by atoms with Gasteiger partial charge in [-0.05, 0) is 0 Å². The molecular weight excluding hydrogens is 166 g/mol. The van der Waals surface area contributed by atoms with Crippen molar-refractivity contribution in [3.63, 3.8) is 0 Å². The van der Waals surface area contributed by atoms with E-state index in [9.17, 15) is 0 Å². The molecule has 0 rings (SSSR count). The first-order valence-corrected chi connectivity index (χ1v) is 0. The van der Waals surface area contributed by atoms with Crippen molar-refractivity contribution in [1.29, 1.82) is 0 Å². The zero-order valence-electron chi connectivity index (χ0n) is 2.42. The van der Waals surface area contributed by atoms with Gasteiger partial charge in [0.1, 0.15) is 0 Å². The minimum atomic E-state index is 0. The van der Waals surface area contributed by atoms with E-state index in [2.05, 4.69) is 0 Å². The van der Waals surface area contributed by atoms with Gasteiger partial charge in [-0.15, -0.1) is 0 Å². The molecule has 0 fully saturated rings. The Hall–Kier alpha value is 1.30. The largest absolute Gasteiger partial charge is 3.00 e. The fraction of sp³-hybridized carbons (Fsp3) is 0. The van der Waals surface area contributed by atoms with Gasteiger partial charge in [0.05, 0.1) is 0 Å². The molecular formula is H3AlO3Zr. The van der Waals surface area contributed by atoms with Crippen LogP contribution in [0, 0.1) is 0 Å². The maximum Gasteiger partial charge on any atom is 3.00 e. The zero-order chi connectivity index (χ0) is 0. The molecule has 0 unspecified atom stereocenters. The van der Waals surface area contributed by atoms with Gasteiger partial charge in [0, 0.05) is 26.2 Å². The molecule has 3 nitrogen and oxygen atoms in total. The molecule has 0 aliphatic carbocycles. The molecule has 0 bridgehead atoms. The molecule has 0 saturated heterocycles. The average molecular weight is 169 g/mol.